The lowest BCUT2D eigenvalue weighted by Crippen LogP contribution is -2.51. The van der Waals surface area contributed by atoms with Gasteiger partial charge in [0.2, 0.25) is 5.91 Å². The topological polar surface area (TPSA) is 125 Å². The number of sulfone groups is 1. The highest BCUT2D eigenvalue weighted by Gasteiger charge is 2.39. The van der Waals surface area contributed by atoms with E-state index < -0.39 is 15.4 Å². The average Bonchev–Trinajstić information content (AvgIpc) is 2.85. The Kier molecular flexibility index (Phi) is 6.93. The maximum atomic E-state index is 13.5. The van der Waals surface area contributed by atoms with Gasteiger partial charge in [0.15, 0.2) is 9.84 Å². The third-order valence-corrected chi connectivity index (χ3v) is 7.59. The Balaban J connectivity index is 1.57. The molecule has 0 aromatic heterocycles. The first-order valence-corrected chi connectivity index (χ1v) is 13.5. The summed E-state index contributed by atoms with van der Waals surface area (Å²) in [5, 5.41) is 14.2. The molecule has 1 fully saturated rings. The molecule has 1 amide bonds. The molecule has 0 spiro atoms. The van der Waals surface area contributed by atoms with Gasteiger partial charge in [-0.15, -0.1) is 0 Å². The van der Waals surface area contributed by atoms with E-state index in [-0.39, 0.29) is 16.6 Å². The summed E-state index contributed by atoms with van der Waals surface area (Å²) < 4.78 is 24.4. The number of hydrogen-bond acceptors (Lipinski definition) is 5. The minimum atomic E-state index is -3.37. The largest absolute Gasteiger partial charge is 0.384 e. The molecule has 7 nitrogen and oxygen atoms in total. The molecule has 4 rings (SSSR count). The van der Waals surface area contributed by atoms with E-state index in [9.17, 15) is 13.2 Å². The lowest BCUT2D eigenvalue weighted by molar-refractivity contribution is -0.121. The van der Waals surface area contributed by atoms with Crippen LogP contribution in [0.25, 0.3) is 11.1 Å². The van der Waals surface area contributed by atoms with Crippen LogP contribution in [0.15, 0.2) is 77.7 Å². The van der Waals surface area contributed by atoms with Crippen LogP contribution in [-0.4, -0.2) is 32.0 Å². The van der Waals surface area contributed by atoms with Crippen LogP contribution in [0.1, 0.15) is 37.7 Å². The fourth-order valence-electron chi connectivity index (χ4n) is 4.62. The van der Waals surface area contributed by atoms with Crippen molar-refractivity contribution in [3.63, 3.8) is 0 Å². The number of nitrogens with one attached hydrogen (secondary N) is 3. The summed E-state index contributed by atoms with van der Waals surface area (Å²) in [4.78, 5) is 13.8. The Hall–Kier alpha value is -3.65. The highest BCUT2D eigenvalue weighted by atomic mass is 32.2. The maximum absolute atomic E-state index is 13.5. The lowest BCUT2D eigenvalue weighted by atomic mass is 9.80. The van der Waals surface area contributed by atoms with E-state index in [2.05, 4.69) is 10.6 Å². The van der Waals surface area contributed by atoms with Crippen molar-refractivity contribution in [1.82, 2.24) is 0 Å². The molecule has 0 unspecified atom stereocenters. The Morgan fingerprint density at radius 1 is 0.914 bits per heavy atom. The van der Waals surface area contributed by atoms with Crippen molar-refractivity contribution in [3.05, 3.63) is 78.4 Å². The van der Waals surface area contributed by atoms with E-state index in [0.717, 1.165) is 30.5 Å². The molecule has 1 aliphatic rings. The standard InChI is InChI=1S/C27H30N4O3S/c1-35(33,34)24-11-4-3-10-23(24)19-12-14-21(15-13-19)30-26(32)27(16-5-2-6-17-27)31-22-9-7-8-20(18-22)25(28)29/h3-4,7-15,18,31H,2,5-6,16-17H2,1H3,(H3,28,29)(H,30,32). The van der Waals surface area contributed by atoms with E-state index >= 15 is 0 Å². The second kappa shape index (κ2) is 9.92. The van der Waals surface area contributed by atoms with Crippen molar-refractivity contribution in [2.75, 3.05) is 16.9 Å². The Labute approximate surface area is 206 Å². The quantitative estimate of drug-likeness (QED) is 0.280. The molecular weight excluding hydrogens is 460 g/mol. The van der Waals surface area contributed by atoms with Crippen LogP contribution in [0.4, 0.5) is 11.4 Å². The molecule has 35 heavy (non-hydrogen) atoms. The van der Waals surface area contributed by atoms with Gasteiger partial charge >= 0.3 is 0 Å². The van der Waals surface area contributed by atoms with Crippen molar-refractivity contribution in [1.29, 1.82) is 5.41 Å². The molecule has 182 valence electrons. The molecule has 0 saturated heterocycles. The molecule has 8 heteroatoms. The Bertz CT molecular complexity index is 1340. The summed E-state index contributed by atoms with van der Waals surface area (Å²) in [6.45, 7) is 0. The van der Waals surface area contributed by atoms with Gasteiger partial charge in [0.1, 0.15) is 11.4 Å². The first-order valence-electron chi connectivity index (χ1n) is 11.6. The zero-order valence-electron chi connectivity index (χ0n) is 19.7. The van der Waals surface area contributed by atoms with Crippen molar-refractivity contribution in [2.24, 2.45) is 5.73 Å². The van der Waals surface area contributed by atoms with Crippen molar-refractivity contribution >= 4 is 33.0 Å². The van der Waals surface area contributed by atoms with Crippen molar-refractivity contribution in [3.8, 4) is 11.1 Å². The summed E-state index contributed by atoms with van der Waals surface area (Å²) in [5.74, 6) is -0.136. The fraction of sp³-hybridized carbons (Fsp3) is 0.259. The highest BCUT2D eigenvalue weighted by Crippen LogP contribution is 2.34. The second-order valence-electron chi connectivity index (χ2n) is 9.06. The molecule has 3 aromatic carbocycles. The van der Waals surface area contributed by atoms with E-state index in [1.807, 2.05) is 24.3 Å². The molecule has 1 saturated carbocycles. The number of carbonyl (C=O) groups excluding carboxylic acids is 1. The normalized spacial score (nSPS) is 15.2. The minimum Gasteiger partial charge on any atom is -0.384 e. The van der Waals surface area contributed by atoms with Gasteiger partial charge in [-0.3, -0.25) is 10.2 Å². The molecule has 1 aliphatic carbocycles. The smallest absolute Gasteiger partial charge is 0.250 e. The van der Waals surface area contributed by atoms with Gasteiger partial charge in [0.25, 0.3) is 0 Å². The van der Waals surface area contributed by atoms with Gasteiger partial charge in [0.05, 0.1) is 4.90 Å². The van der Waals surface area contributed by atoms with Crippen LogP contribution in [0.3, 0.4) is 0 Å². The number of amidine groups is 1. The molecular formula is C27H30N4O3S. The Morgan fingerprint density at radius 3 is 2.26 bits per heavy atom. The predicted octanol–water partition coefficient (Wildman–Crippen LogP) is 4.79. The average molecular weight is 491 g/mol. The molecule has 3 aromatic rings. The van der Waals surface area contributed by atoms with Gasteiger partial charge < -0.3 is 16.4 Å². The van der Waals surface area contributed by atoms with E-state index in [1.54, 1.807) is 48.5 Å². The van der Waals surface area contributed by atoms with Crippen LogP contribution in [0.5, 0.6) is 0 Å². The van der Waals surface area contributed by atoms with Gasteiger partial charge in [-0.1, -0.05) is 61.7 Å². The number of carbonyl (C=O) groups is 1. The maximum Gasteiger partial charge on any atom is 0.250 e. The number of hydrogen-bond donors (Lipinski definition) is 4. The third-order valence-electron chi connectivity index (χ3n) is 6.44. The lowest BCUT2D eigenvalue weighted by Gasteiger charge is -2.37. The number of anilines is 2. The molecule has 0 bridgehead atoms. The van der Waals surface area contributed by atoms with Gasteiger partial charge in [0, 0.05) is 28.8 Å². The number of benzene rings is 3. The van der Waals surface area contributed by atoms with Crippen LogP contribution in [-0.2, 0) is 14.6 Å². The first kappa shape index (κ1) is 24.5. The zero-order chi connectivity index (χ0) is 25.1. The van der Waals surface area contributed by atoms with E-state index in [1.165, 1.54) is 6.26 Å². The molecule has 0 aliphatic heterocycles. The number of rotatable bonds is 7. The third kappa shape index (κ3) is 5.54. The van der Waals surface area contributed by atoms with Crippen molar-refractivity contribution in [2.45, 2.75) is 42.5 Å². The second-order valence-corrected chi connectivity index (χ2v) is 11.0. The minimum absolute atomic E-state index is 0.0201. The summed E-state index contributed by atoms with van der Waals surface area (Å²) in [5.41, 5.74) is 8.25. The summed E-state index contributed by atoms with van der Waals surface area (Å²) in [6.07, 6.45) is 5.55. The molecule has 0 heterocycles. The van der Waals surface area contributed by atoms with Gasteiger partial charge in [-0.2, -0.15) is 0 Å². The van der Waals surface area contributed by atoms with Crippen LogP contribution in [0.2, 0.25) is 0 Å². The highest BCUT2D eigenvalue weighted by molar-refractivity contribution is 7.90. The predicted molar refractivity (Wildman–Crippen MR) is 141 cm³/mol. The van der Waals surface area contributed by atoms with E-state index in [0.29, 0.717) is 29.7 Å². The molecule has 0 radical (unpaired) electrons. The number of nitrogen functional groups attached to an aromatic ring is 1. The van der Waals surface area contributed by atoms with Crippen LogP contribution in [0, 0.1) is 5.41 Å². The summed E-state index contributed by atoms with van der Waals surface area (Å²) >= 11 is 0. The monoisotopic (exact) mass is 490 g/mol. The Morgan fingerprint density at radius 2 is 1.60 bits per heavy atom. The van der Waals surface area contributed by atoms with Gasteiger partial charge in [-0.05, 0) is 48.7 Å². The van der Waals surface area contributed by atoms with Crippen molar-refractivity contribution < 1.29 is 13.2 Å². The summed E-state index contributed by atoms with van der Waals surface area (Å²) in [7, 11) is -3.37. The van der Waals surface area contributed by atoms with Crippen LogP contribution < -0.4 is 16.4 Å². The number of amides is 1. The zero-order valence-corrected chi connectivity index (χ0v) is 20.5. The molecule has 5 N–H and O–H groups in total. The summed E-state index contributed by atoms with van der Waals surface area (Å²) in [6, 6.07) is 21.4. The number of nitrogens with two attached hydrogens (primary N) is 1. The molecule has 0 atom stereocenters. The van der Waals surface area contributed by atoms with E-state index in [4.69, 9.17) is 11.1 Å². The fourth-order valence-corrected chi connectivity index (χ4v) is 5.53. The van der Waals surface area contributed by atoms with Crippen LogP contribution >= 0.6 is 0 Å². The van der Waals surface area contributed by atoms with Gasteiger partial charge in [-0.25, -0.2) is 8.42 Å². The SMILES string of the molecule is CS(=O)(=O)c1ccccc1-c1ccc(NC(=O)C2(Nc3cccc(C(=N)N)c3)CCCCC2)cc1. The first-order chi connectivity index (χ1) is 16.7.